The average molecular weight is 503 g/mol. The van der Waals surface area contributed by atoms with Crippen LogP contribution in [0.2, 0.25) is 0 Å². The zero-order chi connectivity index (χ0) is 19.6. The Labute approximate surface area is 188 Å². The number of morpholine rings is 1. The minimum atomic E-state index is 0. The summed E-state index contributed by atoms with van der Waals surface area (Å²) < 4.78 is 5.49. The number of nitrogens with zero attached hydrogens (tertiary/aromatic N) is 3. The topological polar surface area (TPSA) is 52.1 Å². The molecule has 0 spiro atoms. The molecule has 28 heavy (non-hydrogen) atoms. The van der Waals surface area contributed by atoms with E-state index in [0.29, 0.717) is 12.0 Å². The summed E-state index contributed by atoms with van der Waals surface area (Å²) in [6, 6.07) is 9.21. The fourth-order valence-electron chi connectivity index (χ4n) is 3.40. The number of nitrogens with one attached hydrogen (secondary N) is 2. The second-order valence-electron chi connectivity index (χ2n) is 7.65. The molecule has 1 aromatic rings. The van der Waals surface area contributed by atoms with Crippen molar-refractivity contribution in [2.45, 2.75) is 26.3 Å². The fourth-order valence-corrected chi connectivity index (χ4v) is 3.40. The smallest absolute Gasteiger partial charge is 0.191 e. The van der Waals surface area contributed by atoms with E-state index in [0.717, 1.165) is 51.8 Å². The predicted octanol–water partition coefficient (Wildman–Crippen LogP) is 2.43. The van der Waals surface area contributed by atoms with E-state index in [4.69, 9.17) is 4.74 Å². The molecule has 0 radical (unpaired) electrons. The first-order valence-electron chi connectivity index (χ1n) is 10.0. The number of anilines is 1. The predicted molar refractivity (Wildman–Crippen MR) is 130 cm³/mol. The molecule has 1 fully saturated rings. The molecule has 0 bridgehead atoms. The monoisotopic (exact) mass is 503 g/mol. The Kier molecular flexibility index (Phi) is 11.8. The SMILES string of the molecule is CN=C(NCCc1ccc(N(C)C)cc1)NCC(C(C)C)N1CCOCC1.I. The highest BCUT2D eigenvalue weighted by Gasteiger charge is 2.23. The largest absolute Gasteiger partial charge is 0.379 e. The molecule has 0 saturated carbocycles. The van der Waals surface area contributed by atoms with Crippen molar-refractivity contribution in [1.82, 2.24) is 15.5 Å². The summed E-state index contributed by atoms with van der Waals surface area (Å²) in [6.45, 7) is 10.0. The Morgan fingerprint density at radius 2 is 1.79 bits per heavy atom. The van der Waals surface area contributed by atoms with Crippen molar-refractivity contribution in [2.24, 2.45) is 10.9 Å². The molecule has 1 saturated heterocycles. The van der Waals surface area contributed by atoms with E-state index in [-0.39, 0.29) is 24.0 Å². The molecule has 1 heterocycles. The third-order valence-corrected chi connectivity index (χ3v) is 5.15. The van der Waals surface area contributed by atoms with E-state index in [1.807, 2.05) is 7.05 Å². The lowest BCUT2D eigenvalue weighted by atomic mass is 10.0. The van der Waals surface area contributed by atoms with Crippen molar-refractivity contribution in [2.75, 3.05) is 65.4 Å². The zero-order valence-electron chi connectivity index (χ0n) is 18.1. The van der Waals surface area contributed by atoms with Crippen LogP contribution in [0, 0.1) is 5.92 Å². The van der Waals surface area contributed by atoms with Gasteiger partial charge in [0.2, 0.25) is 0 Å². The van der Waals surface area contributed by atoms with E-state index in [1.165, 1.54) is 11.3 Å². The number of halogens is 1. The Morgan fingerprint density at radius 1 is 1.14 bits per heavy atom. The second-order valence-corrected chi connectivity index (χ2v) is 7.65. The molecule has 0 aliphatic carbocycles. The highest BCUT2D eigenvalue weighted by Crippen LogP contribution is 2.13. The Bertz CT molecular complexity index is 571. The van der Waals surface area contributed by atoms with Crippen molar-refractivity contribution in [3.8, 4) is 0 Å². The fraction of sp³-hybridized carbons (Fsp3) is 0.667. The van der Waals surface area contributed by atoms with Crippen LogP contribution in [0.1, 0.15) is 19.4 Å². The van der Waals surface area contributed by atoms with Crippen molar-refractivity contribution < 1.29 is 4.74 Å². The van der Waals surface area contributed by atoms with Gasteiger partial charge in [0.25, 0.3) is 0 Å². The Balaban J connectivity index is 0.00000392. The van der Waals surface area contributed by atoms with E-state index < -0.39 is 0 Å². The number of ether oxygens (including phenoxy) is 1. The quantitative estimate of drug-likeness (QED) is 0.324. The van der Waals surface area contributed by atoms with Crippen molar-refractivity contribution in [1.29, 1.82) is 0 Å². The van der Waals surface area contributed by atoms with Gasteiger partial charge in [-0.3, -0.25) is 9.89 Å². The van der Waals surface area contributed by atoms with Crippen LogP contribution in [0.15, 0.2) is 29.3 Å². The average Bonchev–Trinajstić information content (AvgIpc) is 2.67. The van der Waals surface area contributed by atoms with Gasteiger partial charge >= 0.3 is 0 Å². The molecule has 1 aliphatic heterocycles. The molecule has 2 rings (SSSR count). The van der Waals surface area contributed by atoms with Gasteiger partial charge in [-0.25, -0.2) is 0 Å². The molecule has 0 aromatic heterocycles. The maximum Gasteiger partial charge on any atom is 0.191 e. The zero-order valence-corrected chi connectivity index (χ0v) is 20.4. The Hall–Kier alpha value is -1.06. The molecule has 1 unspecified atom stereocenters. The van der Waals surface area contributed by atoms with Crippen LogP contribution in [-0.2, 0) is 11.2 Å². The lowest BCUT2D eigenvalue weighted by molar-refractivity contribution is 0.00752. The number of rotatable bonds is 8. The van der Waals surface area contributed by atoms with E-state index >= 15 is 0 Å². The lowest BCUT2D eigenvalue weighted by Crippen LogP contribution is -2.52. The molecule has 7 heteroatoms. The molecular formula is C21H38IN5O. The minimum Gasteiger partial charge on any atom is -0.379 e. The van der Waals surface area contributed by atoms with Crippen molar-refractivity contribution in [3.05, 3.63) is 29.8 Å². The second kappa shape index (κ2) is 13.2. The summed E-state index contributed by atoms with van der Waals surface area (Å²) in [5.41, 5.74) is 2.56. The summed E-state index contributed by atoms with van der Waals surface area (Å²) in [6.07, 6.45) is 0.978. The first-order chi connectivity index (χ1) is 13.0. The minimum absolute atomic E-state index is 0. The molecular weight excluding hydrogens is 465 g/mol. The number of guanidine groups is 1. The number of hydrogen-bond donors (Lipinski definition) is 2. The number of aliphatic imine (C=N–C) groups is 1. The molecule has 1 atom stereocenters. The maximum atomic E-state index is 5.49. The van der Waals surface area contributed by atoms with Crippen LogP contribution < -0.4 is 15.5 Å². The van der Waals surface area contributed by atoms with Crippen LogP contribution in [0.4, 0.5) is 5.69 Å². The van der Waals surface area contributed by atoms with Gasteiger partial charge in [-0.2, -0.15) is 0 Å². The highest BCUT2D eigenvalue weighted by molar-refractivity contribution is 14.0. The summed E-state index contributed by atoms with van der Waals surface area (Å²) in [5.74, 6) is 1.46. The van der Waals surface area contributed by atoms with Crippen LogP contribution >= 0.6 is 24.0 Å². The van der Waals surface area contributed by atoms with Crippen LogP contribution in [-0.4, -0.2) is 77.4 Å². The van der Waals surface area contributed by atoms with Crippen LogP contribution in [0.5, 0.6) is 0 Å². The van der Waals surface area contributed by atoms with Gasteiger partial charge in [-0.05, 0) is 30.0 Å². The molecule has 2 N–H and O–H groups in total. The first-order valence-corrected chi connectivity index (χ1v) is 10.0. The first kappa shape index (κ1) is 25.0. The third-order valence-electron chi connectivity index (χ3n) is 5.15. The molecule has 1 aliphatic rings. The summed E-state index contributed by atoms with van der Waals surface area (Å²) in [7, 11) is 5.96. The van der Waals surface area contributed by atoms with Gasteiger partial charge in [0, 0.05) is 59.1 Å². The van der Waals surface area contributed by atoms with E-state index in [1.54, 1.807) is 0 Å². The van der Waals surface area contributed by atoms with Gasteiger partial charge in [0.05, 0.1) is 13.2 Å². The molecule has 0 amide bonds. The standard InChI is InChI=1S/C21H37N5O.HI/c1-17(2)20(26-12-14-27-15-13-26)16-24-21(22-3)23-11-10-18-6-8-19(9-7-18)25(4)5;/h6-9,17,20H,10-16H2,1-5H3,(H2,22,23,24);1H. The van der Waals surface area contributed by atoms with Gasteiger partial charge in [-0.15, -0.1) is 24.0 Å². The molecule has 6 nitrogen and oxygen atoms in total. The van der Waals surface area contributed by atoms with Crippen LogP contribution in [0.25, 0.3) is 0 Å². The third kappa shape index (κ3) is 8.13. The summed E-state index contributed by atoms with van der Waals surface area (Å²) in [4.78, 5) is 9.02. The lowest BCUT2D eigenvalue weighted by Gasteiger charge is -2.37. The van der Waals surface area contributed by atoms with Gasteiger partial charge in [0.1, 0.15) is 0 Å². The number of hydrogen-bond acceptors (Lipinski definition) is 4. The summed E-state index contributed by atoms with van der Waals surface area (Å²) in [5, 5.41) is 6.95. The van der Waals surface area contributed by atoms with Crippen LogP contribution in [0.3, 0.4) is 0 Å². The van der Waals surface area contributed by atoms with Gasteiger partial charge in [-0.1, -0.05) is 26.0 Å². The van der Waals surface area contributed by atoms with Gasteiger partial charge < -0.3 is 20.3 Å². The van der Waals surface area contributed by atoms with Gasteiger partial charge in [0.15, 0.2) is 5.96 Å². The molecule has 160 valence electrons. The summed E-state index contributed by atoms with van der Waals surface area (Å²) >= 11 is 0. The normalized spacial score (nSPS) is 16.4. The van der Waals surface area contributed by atoms with E-state index in [9.17, 15) is 0 Å². The molecule has 1 aromatic carbocycles. The van der Waals surface area contributed by atoms with Crippen molar-refractivity contribution in [3.63, 3.8) is 0 Å². The Morgan fingerprint density at radius 3 is 2.32 bits per heavy atom. The van der Waals surface area contributed by atoms with Crippen molar-refractivity contribution >= 4 is 35.6 Å². The maximum absolute atomic E-state index is 5.49. The van der Waals surface area contributed by atoms with E-state index in [2.05, 4.69) is 77.6 Å². The highest BCUT2D eigenvalue weighted by atomic mass is 127. The number of benzene rings is 1.